The zero-order valence-electron chi connectivity index (χ0n) is 9.08. The molecule has 0 aliphatic heterocycles. The normalized spacial score (nSPS) is 10.4. The molecule has 0 radical (unpaired) electrons. The van der Waals surface area contributed by atoms with Crippen LogP contribution in [0.4, 0.5) is 5.69 Å². The highest BCUT2D eigenvalue weighted by Crippen LogP contribution is 2.25. The van der Waals surface area contributed by atoms with Crippen molar-refractivity contribution >= 4 is 57.3 Å². The average molecular weight is 392 g/mol. The van der Waals surface area contributed by atoms with Gasteiger partial charge < -0.3 is 5.73 Å². The molecule has 0 fully saturated rings. The highest BCUT2D eigenvalue weighted by atomic mass is 127. The van der Waals surface area contributed by atoms with Gasteiger partial charge in [-0.15, -0.1) is 0 Å². The lowest BCUT2D eigenvalue weighted by Gasteiger charge is -2.05. The van der Waals surface area contributed by atoms with Crippen molar-refractivity contribution in [2.45, 2.75) is 0 Å². The van der Waals surface area contributed by atoms with Crippen LogP contribution in [0.5, 0.6) is 0 Å². The van der Waals surface area contributed by atoms with Crippen molar-refractivity contribution in [1.29, 1.82) is 0 Å². The van der Waals surface area contributed by atoms with Gasteiger partial charge in [-0.2, -0.15) is 0 Å². The minimum Gasteiger partial charge on any atom is -0.399 e. The van der Waals surface area contributed by atoms with Gasteiger partial charge in [0.2, 0.25) is 0 Å². The molecule has 2 rings (SSSR count). The van der Waals surface area contributed by atoms with Gasteiger partial charge in [-0.05, 0) is 59.0 Å². The minimum atomic E-state index is -0.168. The Bertz CT molecular complexity index is 628. The molecule has 92 valence electrons. The number of hydrogen-bond acceptors (Lipinski definition) is 2. The maximum atomic E-state index is 12.3. The van der Waals surface area contributed by atoms with E-state index in [0.717, 1.165) is 3.57 Å². The number of carbonyl (C=O) groups is 1. The second-order valence-corrected chi connectivity index (χ2v) is 5.67. The Hall–Kier alpha value is -0.780. The van der Waals surface area contributed by atoms with Crippen LogP contribution in [0.25, 0.3) is 0 Å². The van der Waals surface area contributed by atoms with Gasteiger partial charge in [-0.3, -0.25) is 4.79 Å². The van der Waals surface area contributed by atoms with E-state index in [2.05, 4.69) is 22.6 Å². The first kappa shape index (κ1) is 13.6. The Morgan fingerprint density at radius 1 is 1.06 bits per heavy atom. The number of nitrogens with two attached hydrogens (primary N) is 1. The van der Waals surface area contributed by atoms with E-state index < -0.39 is 0 Å². The van der Waals surface area contributed by atoms with Gasteiger partial charge in [0.15, 0.2) is 5.78 Å². The van der Waals surface area contributed by atoms with Crippen molar-refractivity contribution in [2.75, 3.05) is 5.73 Å². The number of ketones is 1. The summed E-state index contributed by atoms with van der Waals surface area (Å²) in [6, 6.07) is 9.98. The lowest BCUT2D eigenvalue weighted by atomic mass is 10.0. The van der Waals surface area contributed by atoms with Gasteiger partial charge in [0.05, 0.1) is 10.0 Å². The van der Waals surface area contributed by atoms with Crippen LogP contribution >= 0.6 is 45.8 Å². The monoisotopic (exact) mass is 391 g/mol. The second kappa shape index (κ2) is 5.47. The molecule has 2 aromatic carbocycles. The first-order valence-corrected chi connectivity index (χ1v) is 6.87. The Morgan fingerprint density at radius 3 is 2.39 bits per heavy atom. The molecule has 0 heterocycles. The predicted octanol–water partition coefficient (Wildman–Crippen LogP) is 4.41. The smallest absolute Gasteiger partial charge is 0.194 e. The molecule has 0 unspecified atom stereocenters. The Balaban J connectivity index is 2.44. The van der Waals surface area contributed by atoms with E-state index >= 15 is 0 Å². The number of halogens is 3. The van der Waals surface area contributed by atoms with Crippen LogP contribution in [0.15, 0.2) is 36.4 Å². The highest BCUT2D eigenvalue weighted by molar-refractivity contribution is 14.1. The number of rotatable bonds is 2. The summed E-state index contributed by atoms with van der Waals surface area (Å²) in [5.41, 5.74) is 7.04. The maximum absolute atomic E-state index is 12.3. The number of hydrogen-bond donors (Lipinski definition) is 1. The van der Waals surface area contributed by atoms with Gasteiger partial charge in [-0.1, -0.05) is 23.2 Å². The summed E-state index contributed by atoms with van der Waals surface area (Å²) in [4.78, 5) is 12.3. The highest BCUT2D eigenvalue weighted by Gasteiger charge is 2.14. The molecule has 0 amide bonds. The third-order valence-electron chi connectivity index (χ3n) is 2.42. The zero-order chi connectivity index (χ0) is 13.3. The molecule has 18 heavy (non-hydrogen) atoms. The van der Waals surface area contributed by atoms with Crippen LogP contribution < -0.4 is 5.73 Å². The van der Waals surface area contributed by atoms with Crippen LogP contribution in [-0.4, -0.2) is 5.78 Å². The maximum Gasteiger partial charge on any atom is 0.194 e. The van der Waals surface area contributed by atoms with Gasteiger partial charge in [0.25, 0.3) is 0 Å². The van der Waals surface area contributed by atoms with E-state index in [-0.39, 0.29) is 5.78 Å². The van der Waals surface area contributed by atoms with Crippen molar-refractivity contribution in [3.63, 3.8) is 0 Å². The first-order chi connectivity index (χ1) is 8.49. The summed E-state index contributed by atoms with van der Waals surface area (Å²) in [5, 5.41) is 0.891. The van der Waals surface area contributed by atoms with Gasteiger partial charge in [0, 0.05) is 20.4 Å². The molecule has 2 nitrogen and oxygen atoms in total. The molecule has 2 aromatic rings. The number of benzene rings is 2. The Morgan fingerprint density at radius 2 is 1.78 bits per heavy atom. The summed E-state index contributed by atoms with van der Waals surface area (Å²) < 4.78 is 0.897. The van der Waals surface area contributed by atoms with E-state index in [1.54, 1.807) is 36.4 Å². The molecule has 0 bridgehead atoms. The summed E-state index contributed by atoms with van der Waals surface area (Å²) in [5.74, 6) is -0.168. The molecule has 0 aliphatic carbocycles. The third kappa shape index (κ3) is 2.79. The van der Waals surface area contributed by atoms with Gasteiger partial charge in [0.1, 0.15) is 0 Å². The summed E-state index contributed by atoms with van der Waals surface area (Å²) >= 11 is 14.1. The summed E-state index contributed by atoms with van der Waals surface area (Å²) in [7, 11) is 0. The fraction of sp³-hybridized carbons (Fsp3) is 0. The van der Waals surface area contributed by atoms with Crippen molar-refractivity contribution < 1.29 is 4.79 Å². The van der Waals surface area contributed by atoms with Gasteiger partial charge >= 0.3 is 0 Å². The SMILES string of the molecule is Nc1ccc(C(=O)c2ccc(I)c(Cl)c2)c(Cl)c1. The lowest BCUT2D eigenvalue weighted by molar-refractivity contribution is 0.103. The third-order valence-corrected chi connectivity index (χ3v) is 4.30. The topological polar surface area (TPSA) is 43.1 Å². The molecule has 5 heteroatoms. The van der Waals surface area contributed by atoms with E-state index in [0.29, 0.717) is 26.9 Å². The quantitative estimate of drug-likeness (QED) is 0.468. The van der Waals surface area contributed by atoms with Crippen LogP contribution in [0, 0.1) is 3.57 Å². The van der Waals surface area contributed by atoms with E-state index in [1.165, 1.54) is 0 Å². The van der Waals surface area contributed by atoms with Crippen LogP contribution in [0.1, 0.15) is 15.9 Å². The molecular weight excluding hydrogens is 384 g/mol. The molecule has 0 spiro atoms. The molecular formula is C13H8Cl2INO. The van der Waals surface area contributed by atoms with E-state index in [1.807, 2.05) is 0 Å². The van der Waals surface area contributed by atoms with Crippen molar-refractivity contribution in [3.05, 3.63) is 61.1 Å². The van der Waals surface area contributed by atoms with Crippen molar-refractivity contribution in [2.24, 2.45) is 0 Å². The van der Waals surface area contributed by atoms with Crippen LogP contribution in [-0.2, 0) is 0 Å². The number of anilines is 1. The average Bonchev–Trinajstić information content (AvgIpc) is 2.32. The molecule has 0 saturated carbocycles. The van der Waals surface area contributed by atoms with Crippen LogP contribution in [0.2, 0.25) is 10.0 Å². The number of nitrogen functional groups attached to an aromatic ring is 1. The second-order valence-electron chi connectivity index (χ2n) is 3.70. The fourth-order valence-corrected chi connectivity index (χ4v) is 2.30. The molecule has 0 saturated heterocycles. The van der Waals surface area contributed by atoms with Crippen LogP contribution in [0.3, 0.4) is 0 Å². The zero-order valence-corrected chi connectivity index (χ0v) is 12.8. The van der Waals surface area contributed by atoms with Crippen molar-refractivity contribution in [3.8, 4) is 0 Å². The van der Waals surface area contributed by atoms with Gasteiger partial charge in [-0.25, -0.2) is 0 Å². The van der Waals surface area contributed by atoms with Crippen molar-refractivity contribution in [1.82, 2.24) is 0 Å². The Labute approximate surface area is 128 Å². The largest absolute Gasteiger partial charge is 0.399 e. The first-order valence-electron chi connectivity index (χ1n) is 5.04. The van der Waals surface area contributed by atoms with E-state index in [9.17, 15) is 4.79 Å². The molecule has 0 atom stereocenters. The minimum absolute atomic E-state index is 0.168. The summed E-state index contributed by atoms with van der Waals surface area (Å²) in [6.45, 7) is 0. The standard InChI is InChI=1S/C13H8Cl2INO/c14-10-6-8(17)2-3-9(10)13(18)7-1-4-12(16)11(15)5-7/h1-6H,17H2. The molecule has 2 N–H and O–H groups in total. The Kier molecular flexibility index (Phi) is 4.14. The number of carbonyl (C=O) groups excluding carboxylic acids is 1. The molecule has 0 aliphatic rings. The van der Waals surface area contributed by atoms with E-state index in [4.69, 9.17) is 28.9 Å². The predicted molar refractivity (Wildman–Crippen MR) is 83.5 cm³/mol. The molecule has 0 aromatic heterocycles. The summed E-state index contributed by atoms with van der Waals surface area (Å²) in [6.07, 6.45) is 0. The fourth-order valence-electron chi connectivity index (χ4n) is 1.51. The lowest BCUT2D eigenvalue weighted by Crippen LogP contribution is -2.03.